The lowest BCUT2D eigenvalue weighted by molar-refractivity contribution is -0.127. The lowest BCUT2D eigenvalue weighted by atomic mass is 10.2. The predicted octanol–water partition coefficient (Wildman–Crippen LogP) is 2.27. The van der Waals surface area contributed by atoms with Gasteiger partial charge in [-0.2, -0.15) is 0 Å². The Morgan fingerprint density at radius 2 is 1.96 bits per heavy atom. The number of methoxy groups -OCH3 is 1. The lowest BCUT2D eigenvalue weighted by Gasteiger charge is -2.31. The first-order chi connectivity index (χ1) is 11.1. The van der Waals surface area contributed by atoms with Gasteiger partial charge in [-0.25, -0.2) is 0 Å². The van der Waals surface area contributed by atoms with E-state index in [1.54, 1.807) is 13.2 Å². The maximum absolute atomic E-state index is 12.2. The molecule has 2 rings (SSSR count). The molecule has 5 heteroatoms. The van der Waals surface area contributed by atoms with Gasteiger partial charge in [0.05, 0.1) is 13.7 Å². The van der Waals surface area contributed by atoms with Crippen molar-refractivity contribution in [3.05, 3.63) is 29.8 Å². The number of nitrogens with zero attached hydrogens (tertiary/aromatic N) is 2. The first-order valence-corrected chi connectivity index (χ1v) is 8.10. The summed E-state index contributed by atoms with van der Waals surface area (Å²) in [7, 11) is 3.70. The molecular formula is C18H26N2O3. The van der Waals surface area contributed by atoms with E-state index in [2.05, 4.69) is 18.9 Å². The topological polar surface area (TPSA) is 42.0 Å². The third kappa shape index (κ3) is 4.99. The van der Waals surface area contributed by atoms with Gasteiger partial charge in [0.15, 0.2) is 11.5 Å². The predicted molar refractivity (Wildman–Crippen MR) is 91.9 cm³/mol. The zero-order valence-corrected chi connectivity index (χ0v) is 14.2. The average molecular weight is 318 g/mol. The number of hydrogen-bond donors (Lipinski definition) is 0. The Morgan fingerprint density at radius 3 is 2.61 bits per heavy atom. The molecule has 0 radical (unpaired) electrons. The zero-order chi connectivity index (χ0) is 16.7. The van der Waals surface area contributed by atoms with E-state index in [0.29, 0.717) is 12.4 Å². The van der Waals surface area contributed by atoms with E-state index < -0.39 is 0 Å². The number of likely N-dealkylation sites (N-methyl/N-ethyl adjacent to an activating group) is 1. The van der Waals surface area contributed by atoms with E-state index >= 15 is 0 Å². The van der Waals surface area contributed by atoms with Gasteiger partial charge < -0.3 is 19.3 Å². The Kier molecular flexibility index (Phi) is 6.47. The fourth-order valence-corrected chi connectivity index (χ4v) is 2.42. The Balaban J connectivity index is 2.00. The second-order valence-corrected chi connectivity index (χ2v) is 5.72. The molecule has 1 aliphatic heterocycles. The van der Waals surface area contributed by atoms with Crippen molar-refractivity contribution in [2.75, 3.05) is 46.9 Å². The summed E-state index contributed by atoms with van der Waals surface area (Å²) in [6.45, 7) is 6.15. The van der Waals surface area contributed by atoms with Gasteiger partial charge in [0.2, 0.25) is 5.91 Å². The maximum atomic E-state index is 12.2. The highest BCUT2D eigenvalue weighted by atomic mass is 16.5. The first kappa shape index (κ1) is 17.3. The van der Waals surface area contributed by atoms with Gasteiger partial charge in [0, 0.05) is 32.3 Å². The van der Waals surface area contributed by atoms with E-state index in [0.717, 1.165) is 43.9 Å². The summed E-state index contributed by atoms with van der Waals surface area (Å²) < 4.78 is 11.0. The van der Waals surface area contributed by atoms with Gasteiger partial charge in [-0.05, 0) is 37.2 Å². The van der Waals surface area contributed by atoms with Crippen LogP contribution in [0.4, 0.5) is 0 Å². The normalized spacial score (nSPS) is 15.9. The monoisotopic (exact) mass is 318 g/mol. The van der Waals surface area contributed by atoms with Crippen LogP contribution in [-0.2, 0) is 4.79 Å². The second kappa shape index (κ2) is 8.58. The number of ether oxygens (including phenoxy) is 2. The molecule has 0 N–H and O–H groups in total. The molecule has 1 aromatic carbocycles. The van der Waals surface area contributed by atoms with E-state index in [9.17, 15) is 4.79 Å². The van der Waals surface area contributed by atoms with Crippen molar-refractivity contribution in [3.8, 4) is 11.5 Å². The van der Waals surface area contributed by atoms with Crippen LogP contribution in [0, 0.1) is 0 Å². The number of benzene rings is 1. The first-order valence-electron chi connectivity index (χ1n) is 8.10. The summed E-state index contributed by atoms with van der Waals surface area (Å²) >= 11 is 0. The van der Waals surface area contributed by atoms with E-state index in [1.165, 1.54) is 0 Å². The molecule has 0 spiro atoms. The van der Waals surface area contributed by atoms with Gasteiger partial charge >= 0.3 is 0 Å². The summed E-state index contributed by atoms with van der Waals surface area (Å²) in [5.41, 5.74) is 0.924. The minimum atomic E-state index is 0.0587. The molecule has 5 nitrogen and oxygen atoms in total. The summed E-state index contributed by atoms with van der Waals surface area (Å²) in [6.07, 6.45) is 4.41. The molecule has 1 aliphatic rings. The number of piperazine rings is 1. The van der Waals surface area contributed by atoms with E-state index in [4.69, 9.17) is 9.47 Å². The lowest BCUT2D eigenvalue weighted by Crippen LogP contribution is -2.46. The Morgan fingerprint density at radius 1 is 1.22 bits per heavy atom. The third-order valence-corrected chi connectivity index (χ3v) is 3.88. The molecule has 1 amide bonds. The van der Waals surface area contributed by atoms with E-state index in [-0.39, 0.29) is 5.91 Å². The highest BCUT2D eigenvalue weighted by molar-refractivity contribution is 5.92. The number of carbonyl (C=O) groups is 1. The molecule has 0 bridgehead atoms. The number of hydrogen-bond acceptors (Lipinski definition) is 4. The number of rotatable bonds is 6. The van der Waals surface area contributed by atoms with Crippen molar-refractivity contribution >= 4 is 12.0 Å². The highest BCUT2D eigenvalue weighted by Gasteiger charge is 2.16. The molecule has 1 saturated heterocycles. The summed E-state index contributed by atoms with van der Waals surface area (Å²) in [5, 5.41) is 0. The summed E-state index contributed by atoms with van der Waals surface area (Å²) in [5.74, 6) is 1.48. The van der Waals surface area contributed by atoms with E-state index in [1.807, 2.05) is 29.2 Å². The largest absolute Gasteiger partial charge is 0.493 e. The molecular weight excluding hydrogens is 292 g/mol. The standard InChI is InChI=1S/C18H26N2O3/c1-4-13-23-16-7-5-15(14-17(16)22-3)6-8-18(21)20-11-9-19(2)10-12-20/h5-8,14H,4,9-13H2,1-3H3/b8-6+. The van der Waals surface area contributed by atoms with Crippen LogP contribution in [0.15, 0.2) is 24.3 Å². The molecule has 1 fully saturated rings. The Bertz CT molecular complexity index is 549. The average Bonchev–Trinajstić information content (AvgIpc) is 2.58. The quantitative estimate of drug-likeness (QED) is 0.755. The van der Waals surface area contributed by atoms with Crippen LogP contribution in [0.1, 0.15) is 18.9 Å². The molecule has 0 saturated carbocycles. The molecule has 0 aromatic heterocycles. The van der Waals surface area contributed by atoms with Crippen LogP contribution in [0.25, 0.3) is 6.08 Å². The minimum Gasteiger partial charge on any atom is -0.493 e. The van der Waals surface area contributed by atoms with Gasteiger partial charge in [-0.1, -0.05) is 13.0 Å². The van der Waals surface area contributed by atoms with Crippen LogP contribution >= 0.6 is 0 Å². The smallest absolute Gasteiger partial charge is 0.246 e. The minimum absolute atomic E-state index is 0.0587. The summed E-state index contributed by atoms with van der Waals surface area (Å²) in [6, 6.07) is 5.70. The van der Waals surface area contributed by atoms with Crippen molar-refractivity contribution in [1.29, 1.82) is 0 Å². The molecule has 0 unspecified atom stereocenters. The van der Waals surface area contributed by atoms with Crippen molar-refractivity contribution in [1.82, 2.24) is 9.80 Å². The second-order valence-electron chi connectivity index (χ2n) is 5.72. The number of amides is 1. The Labute approximate surface area is 138 Å². The fourth-order valence-electron chi connectivity index (χ4n) is 2.42. The van der Waals surface area contributed by atoms with Crippen molar-refractivity contribution in [2.45, 2.75) is 13.3 Å². The molecule has 1 heterocycles. The van der Waals surface area contributed by atoms with Crippen LogP contribution < -0.4 is 9.47 Å². The Hall–Kier alpha value is -2.01. The van der Waals surface area contributed by atoms with Crippen molar-refractivity contribution < 1.29 is 14.3 Å². The highest BCUT2D eigenvalue weighted by Crippen LogP contribution is 2.28. The third-order valence-electron chi connectivity index (χ3n) is 3.88. The van der Waals surface area contributed by atoms with Crippen LogP contribution in [-0.4, -0.2) is 62.7 Å². The van der Waals surface area contributed by atoms with Gasteiger partial charge in [0.1, 0.15) is 0 Å². The van der Waals surface area contributed by atoms with Crippen LogP contribution in [0.5, 0.6) is 11.5 Å². The molecule has 1 aromatic rings. The van der Waals surface area contributed by atoms with Gasteiger partial charge in [-0.15, -0.1) is 0 Å². The van der Waals surface area contributed by atoms with Crippen LogP contribution in [0.3, 0.4) is 0 Å². The van der Waals surface area contributed by atoms with Gasteiger partial charge in [-0.3, -0.25) is 4.79 Å². The fraction of sp³-hybridized carbons (Fsp3) is 0.500. The van der Waals surface area contributed by atoms with Crippen molar-refractivity contribution in [3.63, 3.8) is 0 Å². The molecule has 0 aliphatic carbocycles. The number of carbonyl (C=O) groups excluding carboxylic acids is 1. The molecule has 0 atom stereocenters. The SMILES string of the molecule is CCCOc1ccc(/C=C/C(=O)N2CCN(C)CC2)cc1OC. The van der Waals surface area contributed by atoms with Gasteiger partial charge in [0.25, 0.3) is 0 Å². The van der Waals surface area contributed by atoms with Crippen molar-refractivity contribution in [2.24, 2.45) is 0 Å². The molecule has 23 heavy (non-hydrogen) atoms. The van der Waals surface area contributed by atoms with Crippen LogP contribution in [0.2, 0.25) is 0 Å². The summed E-state index contributed by atoms with van der Waals surface area (Å²) in [4.78, 5) is 16.3. The molecule has 126 valence electrons. The zero-order valence-electron chi connectivity index (χ0n) is 14.2. The maximum Gasteiger partial charge on any atom is 0.246 e.